The Hall–Kier alpha value is -4.30. The third kappa shape index (κ3) is 6.81. The van der Waals surface area contributed by atoms with E-state index in [1.807, 2.05) is 81.4 Å². The molecule has 12 heteroatoms. The van der Waals surface area contributed by atoms with Gasteiger partial charge in [0.05, 0.1) is 38.7 Å². The van der Waals surface area contributed by atoms with Gasteiger partial charge in [0.1, 0.15) is 18.4 Å². The van der Waals surface area contributed by atoms with Gasteiger partial charge in [-0.15, -0.1) is 0 Å². The first-order valence-electron chi connectivity index (χ1n) is 15.6. The summed E-state index contributed by atoms with van der Waals surface area (Å²) < 4.78 is 37.6. The monoisotopic (exact) mass is 782 g/mol. The summed E-state index contributed by atoms with van der Waals surface area (Å²) >= 11 is 3.47. The molecular weight excluding hydrogens is 747 g/mol. The van der Waals surface area contributed by atoms with Crippen LogP contribution in [0.2, 0.25) is 0 Å². The molecular formula is C36H35IN2O8S. The molecule has 250 valence electrons. The molecule has 3 aromatic carbocycles. The Morgan fingerprint density at radius 3 is 2.62 bits per heavy atom. The second kappa shape index (κ2) is 14.4. The number of hydrogen-bond donors (Lipinski definition) is 0. The molecule has 0 saturated heterocycles. The van der Waals surface area contributed by atoms with E-state index < -0.39 is 12.0 Å². The van der Waals surface area contributed by atoms with Crippen LogP contribution < -0.4 is 38.6 Å². The van der Waals surface area contributed by atoms with Crippen molar-refractivity contribution in [1.29, 1.82) is 0 Å². The molecule has 10 nitrogen and oxygen atoms in total. The summed E-state index contributed by atoms with van der Waals surface area (Å²) in [4.78, 5) is 32.8. The van der Waals surface area contributed by atoms with Crippen molar-refractivity contribution in [2.45, 2.75) is 53.4 Å². The molecule has 0 amide bonds. The van der Waals surface area contributed by atoms with Crippen LogP contribution in [-0.2, 0) is 16.1 Å². The van der Waals surface area contributed by atoms with Gasteiger partial charge >= 0.3 is 5.97 Å². The first-order valence-corrected chi connectivity index (χ1v) is 17.5. The van der Waals surface area contributed by atoms with Crippen molar-refractivity contribution in [3.05, 3.63) is 106 Å². The van der Waals surface area contributed by atoms with E-state index in [9.17, 15) is 9.59 Å². The van der Waals surface area contributed by atoms with Crippen LogP contribution in [0.3, 0.4) is 0 Å². The molecule has 0 unspecified atom stereocenters. The number of carbonyl (C=O) groups excluding carboxylic acids is 1. The highest BCUT2D eigenvalue weighted by Gasteiger charge is 2.35. The van der Waals surface area contributed by atoms with Crippen LogP contribution in [0.5, 0.6) is 28.7 Å². The number of rotatable bonds is 11. The first-order chi connectivity index (χ1) is 23.2. The third-order valence-electron chi connectivity index (χ3n) is 7.54. The maximum absolute atomic E-state index is 14.3. The summed E-state index contributed by atoms with van der Waals surface area (Å²) in [5.41, 5.74) is 2.86. The topological polar surface area (TPSA) is 107 Å². The molecule has 0 saturated carbocycles. The van der Waals surface area contributed by atoms with Gasteiger partial charge < -0.3 is 28.4 Å². The average Bonchev–Trinajstić information content (AvgIpc) is 3.63. The van der Waals surface area contributed by atoms with Crippen LogP contribution in [0.1, 0.15) is 57.4 Å². The van der Waals surface area contributed by atoms with Crippen molar-refractivity contribution in [3.8, 4) is 28.7 Å². The second-order valence-electron chi connectivity index (χ2n) is 11.2. The number of carbonyl (C=O) groups is 1. The third-order valence-corrected chi connectivity index (χ3v) is 9.33. The molecule has 0 radical (unpaired) electrons. The molecule has 1 atom stereocenters. The van der Waals surface area contributed by atoms with E-state index in [4.69, 9.17) is 33.4 Å². The summed E-state index contributed by atoms with van der Waals surface area (Å²) in [5, 5.41) is 0. The van der Waals surface area contributed by atoms with Gasteiger partial charge in [0, 0.05) is 5.56 Å². The largest absolute Gasteiger partial charge is 0.491 e. The number of esters is 1. The summed E-state index contributed by atoms with van der Waals surface area (Å²) in [6.07, 6.45) is 1.69. The van der Waals surface area contributed by atoms with E-state index in [2.05, 4.69) is 22.6 Å². The number of ether oxygens (including phenoxy) is 6. The number of fused-ring (bicyclic) bond motifs is 2. The van der Waals surface area contributed by atoms with E-state index in [-0.39, 0.29) is 25.1 Å². The zero-order valence-corrected chi connectivity index (χ0v) is 30.2. The molecule has 0 N–H and O–H groups in total. The van der Waals surface area contributed by atoms with E-state index in [1.54, 1.807) is 18.4 Å². The Labute approximate surface area is 295 Å². The van der Waals surface area contributed by atoms with Gasteiger partial charge in [-0.1, -0.05) is 35.6 Å². The van der Waals surface area contributed by atoms with Gasteiger partial charge in [-0.3, -0.25) is 9.36 Å². The first kappa shape index (κ1) is 33.6. The van der Waals surface area contributed by atoms with Crippen LogP contribution in [0.4, 0.5) is 0 Å². The summed E-state index contributed by atoms with van der Waals surface area (Å²) in [6, 6.07) is 16.2. The van der Waals surface area contributed by atoms with Crippen LogP contribution in [-0.4, -0.2) is 36.6 Å². The molecule has 0 bridgehead atoms. The van der Waals surface area contributed by atoms with Gasteiger partial charge in [0.2, 0.25) is 6.79 Å². The van der Waals surface area contributed by atoms with Gasteiger partial charge in [0.15, 0.2) is 27.8 Å². The second-order valence-corrected chi connectivity index (χ2v) is 13.4. The highest BCUT2D eigenvalue weighted by molar-refractivity contribution is 14.1. The molecule has 3 heterocycles. The molecule has 48 heavy (non-hydrogen) atoms. The molecule has 2 aliphatic rings. The van der Waals surface area contributed by atoms with Gasteiger partial charge in [0.25, 0.3) is 5.56 Å². The molecule has 4 aromatic rings. The van der Waals surface area contributed by atoms with Gasteiger partial charge in [-0.05, 0) is 105 Å². The number of halogens is 1. The quantitative estimate of drug-likeness (QED) is 0.137. The molecule has 6 rings (SSSR count). The fraction of sp³-hybridized carbons (Fsp3) is 0.306. The SMILES string of the molecule is CCOC(=O)C1=C(C)N=c2s/c(=C/c3cc(I)c(OCc4ccc5c(c4)OCO5)c(OCC)c3)c(=O)n2[C@H]1c1ccccc1OC(C)C. The van der Waals surface area contributed by atoms with Gasteiger partial charge in [-0.2, -0.15) is 0 Å². The van der Waals surface area contributed by atoms with Crippen LogP contribution in [0.25, 0.3) is 6.08 Å². The molecule has 0 spiro atoms. The Balaban J connectivity index is 1.41. The molecule has 0 aliphatic carbocycles. The Morgan fingerprint density at radius 1 is 1.06 bits per heavy atom. The van der Waals surface area contributed by atoms with Crippen molar-refractivity contribution in [1.82, 2.24) is 4.57 Å². The van der Waals surface area contributed by atoms with Crippen molar-refractivity contribution in [3.63, 3.8) is 0 Å². The highest BCUT2D eigenvalue weighted by Crippen LogP contribution is 2.38. The van der Waals surface area contributed by atoms with E-state index >= 15 is 0 Å². The maximum atomic E-state index is 14.3. The molecule has 1 aromatic heterocycles. The lowest BCUT2D eigenvalue weighted by molar-refractivity contribution is -0.139. The van der Waals surface area contributed by atoms with Crippen LogP contribution in [0.15, 0.2) is 75.7 Å². The van der Waals surface area contributed by atoms with E-state index in [0.29, 0.717) is 68.1 Å². The molecule has 2 aliphatic heterocycles. The number of nitrogens with zero attached hydrogens (tertiary/aromatic N) is 2. The lowest BCUT2D eigenvalue weighted by Gasteiger charge is -2.26. The lowest BCUT2D eigenvalue weighted by atomic mass is 9.95. The maximum Gasteiger partial charge on any atom is 0.338 e. The van der Waals surface area contributed by atoms with Gasteiger partial charge in [-0.25, -0.2) is 9.79 Å². The number of allylic oxidation sites excluding steroid dienone is 1. The Kier molecular flexibility index (Phi) is 10.1. The fourth-order valence-electron chi connectivity index (χ4n) is 5.57. The smallest absolute Gasteiger partial charge is 0.338 e. The predicted molar refractivity (Wildman–Crippen MR) is 190 cm³/mol. The molecule has 0 fully saturated rings. The van der Waals surface area contributed by atoms with Crippen molar-refractivity contribution in [2.75, 3.05) is 20.0 Å². The summed E-state index contributed by atoms with van der Waals surface area (Å²) in [6.45, 7) is 10.4. The summed E-state index contributed by atoms with van der Waals surface area (Å²) in [5.74, 6) is 2.62. The number of hydrogen-bond acceptors (Lipinski definition) is 10. The standard InChI is InChI=1S/C36H35IN2O8S/c1-6-42-29-16-23(14-25(37)33(29)44-18-22-12-13-27-28(15-22)46-19-45-27)17-30-34(40)39-32(24-10-8-9-11-26(24)47-20(3)4)31(35(41)43-7-2)21(5)38-36(39)48-30/h8-17,20,32H,6-7,18-19H2,1-5H3/b30-17+/t32-/m0/s1. The normalized spacial score (nSPS) is 15.3. The Morgan fingerprint density at radius 2 is 1.85 bits per heavy atom. The zero-order chi connectivity index (χ0) is 33.9. The van der Waals surface area contributed by atoms with Crippen molar-refractivity contribution in [2.24, 2.45) is 4.99 Å². The minimum atomic E-state index is -0.788. The minimum Gasteiger partial charge on any atom is -0.491 e. The van der Waals surface area contributed by atoms with Crippen LogP contribution in [0, 0.1) is 3.57 Å². The van der Waals surface area contributed by atoms with E-state index in [0.717, 1.165) is 14.7 Å². The number of aromatic nitrogens is 1. The van der Waals surface area contributed by atoms with Crippen LogP contribution >= 0.6 is 33.9 Å². The van der Waals surface area contributed by atoms with E-state index in [1.165, 1.54) is 11.3 Å². The average molecular weight is 783 g/mol. The predicted octanol–water partition coefficient (Wildman–Crippen LogP) is 5.90. The highest BCUT2D eigenvalue weighted by atomic mass is 127. The number of thiazole rings is 1. The minimum absolute atomic E-state index is 0.121. The Bertz CT molecular complexity index is 2080. The van der Waals surface area contributed by atoms with Crippen molar-refractivity contribution >= 4 is 46.0 Å². The lowest BCUT2D eigenvalue weighted by Crippen LogP contribution is -2.40. The fourth-order valence-corrected chi connectivity index (χ4v) is 7.39. The zero-order valence-electron chi connectivity index (χ0n) is 27.2. The summed E-state index contributed by atoms with van der Waals surface area (Å²) in [7, 11) is 0. The number of benzene rings is 3. The van der Waals surface area contributed by atoms with Crippen molar-refractivity contribution < 1.29 is 33.2 Å². The number of para-hydroxylation sites is 1.